The third-order valence-electron chi connectivity index (χ3n) is 4.20. The number of amides is 1. The molecule has 0 unspecified atom stereocenters. The van der Waals surface area contributed by atoms with Crippen molar-refractivity contribution in [2.75, 3.05) is 44.2 Å². The lowest BCUT2D eigenvalue weighted by molar-refractivity contribution is -0.131. The Morgan fingerprint density at radius 3 is 2.67 bits per heavy atom. The Morgan fingerprint density at radius 2 is 1.96 bits per heavy atom. The Kier molecular flexibility index (Phi) is 5.79. The van der Waals surface area contributed by atoms with Crippen LogP contribution in [-0.2, 0) is 11.3 Å². The molecule has 3 rings (SSSR count). The molecule has 0 aliphatic carbocycles. The average Bonchev–Trinajstić information content (AvgIpc) is 3.16. The van der Waals surface area contributed by atoms with Gasteiger partial charge in [0, 0.05) is 64.3 Å². The van der Waals surface area contributed by atoms with E-state index >= 15 is 0 Å². The Hall–Kier alpha value is -2.41. The first-order chi connectivity index (χ1) is 11.8. The second-order valence-corrected chi connectivity index (χ2v) is 5.82. The van der Waals surface area contributed by atoms with Crippen LogP contribution in [0, 0.1) is 0 Å². The van der Waals surface area contributed by atoms with Crippen LogP contribution in [0.3, 0.4) is 0 Å². The lowest BCUT2D eigenvalue weighted by Gasteiger charge is -2.35. The van der Waals surface area contributed by atoms with E-state index in [0.717, 1.165) is 45.1 Å². The minimum absolute atomic E-state index is 0.224. The first-order valence-corrected chi connectivity index (χ1v) is 8.45. The number of carbonyl (C=O) groups is 1. The fourth-order valence-corrected chi connectivity index (χ4v) is 2.83. The first kappa shape index (κ1) is 16.4. The van der Waals surface area contributed by atoms with Crippen molar-refractivity contribution in [1.29, 1.82) is 0 Å². The van der Waals surface area contributed by atoms with Gasteiger partial charge in [0.1, 0.15) is 5.82 Å². The summed E-state index contributed by atoms with van der Waals surface area (Å²) in [5.41, 5.74) is 0. The van der Waals surface area contributed by atoms with Crippen LogP contribution in [0.2, 0.25) is 0 Å². The predicted molar refractivity (Wildman–Crippen MR) is 92.7 cm³/mol. The third-order valence-corrected chi connectivity index (χ3v) is 4.20. The monoisotopic (exact) mass is 328 g/mol. The average molecular weight is 328 g/mol. The van der Waals surface area contributed by atoms with Crippen molar-refractivity contribution < 1.29 is 4.79 Å². The van der Waals surface area contributed by atoms with Crippen LogP contribution in [0.4, 0.5) is 5.82 Å². The summed E-state index contributed by atoms with van der Waals surface area (Å²) >= 11 is 0. The van der Waals surface area contributed by atoms with E-state index in [9.17, 15) is 4.79 Å². The quantitative estimate of drug-likeness (QED) is 0.754. The molecule has 0 aromatic carbocycles. The number of nitrogens with one attached hydrogen (secondary N) is 1. The van der Waals surface area contributed by atoms with Gasteiger partial charge in [-0.25, -0.2) is 4.98 Å². The maximum Gasteiger partial charge on any atom is 0.223 e. The van der Waals surface area contributed by atoms with Gasteiger partial charge in [-0.1, -0.05) is 6.07 Å². The largest absolute Gasteiger partial charge is 0.353 e. The molecular formula is C17H24N6O. The molecule has 0 atom stereocenters. The molecule has 1 N–H and O–H groups in total. The first-order valence-electron chi connectivity index (χ1n) is 8.45. The molecule has 0 radical (unpaired) electrons. The van der Waals surface area contributed by atoms with E-state index in [0.29, 0.717) is 13.0 Å². The van der Waals surface area contributed by atoms with Gasteiger partial charge in [-0.15, -0.1) is 0 Å². The van der Waals surface area contributed by atoms with Gasteiger partial charge >= 0.3 is 0 Å². The predicted octanol–water partition coefficient (Wildman–Crippen LogP) is 0.607. The summed E-state index contributed by atoms with van der Waals surface area (Å²) in [5.74, 6) is 1.21. The number of aromatic nitrogens is 3. The highest BCUT2D eigenvalue weighted by molar-refractivity contribution is 5.76. The summed E-state index contributed by atoms with van der Waals surface area (Å²) in [7, 11) is 0. The Balaban J connectivity index is 1.32. The second-order valence-electron chi connectivity index (χ2n) is 5.82. The maximum atomic E-state index is 12.3. The van der Waals surface area contributed by atoms with Crippen LogP contribution < -0.4 is 10.2 Å². The van der Waals surface area contributed by atoms with Gasteiger partial charge in [-0.2, -0.15) is 5.10 Å². The van der Waals surface area contributed by atoms with Crippen LogP contribution in [0.15, 0.2) is 42.9 Å². The molecule has 0 spiro atoms. The molecule has 1 aliphatic rings. The molecule has 0 saturated carbocycles. The number of anilines is 1. The van der Waals surface area contributed by atoms with Crippen molar-refractivity contribution in [3.05, 3.63) is 42.9 Å². The van der Waals surface area contributed by atoms with Crippen LogP contribution in [-0.4, -0.2) is 64.8 Å². The fourth-order valence-electron chi connectivity index (χ4n) is 2.83. The van der Waals surface area contributed by atoms with E-state index in [1.54, 1.807) is 6.20 Å². The highest BCUT2D eigenvalue weighted by Crippen LogP contribution is 2.12. The van der Waals surface area contributed by atoms with Crippen molar-refractivity contribution in [2.45, 2.75) is 13.0 Å². The molecule has 1 saturated heterocycles. The molecule has 0 bridgehead atoms. The zero-order valence-electron chi connectivity index (χ0n) is 13.8. The molecule has 2 aromatic rings. The van der Waals surface area contributed by atoms with E-state index in [4.69, 9.17) is 0 Å². The fraction of sp³-hybridized carbons (Fsp3) is 0.471. The van der Waals surface area contributed by atoms with Gasteiger partial charge in [0.15, 0.2) is 0 Å². The van der Waals surface area contributed by atoms with Crippen molar-refractivity contribution in [3.8, 4) is 0 Å². The van der Waals surface area contributed by atoms with Gasteiger partial charge in [-0.3, -0.25) is 9.48 Å². The topological polar surface area (TPSA) is 66.3 Å². The summed E-state index contributed by atoms with van der Waals surface area (Å²) in [6.07, 6.45) is 6.06. The van der Waals surface area contributed by atoms with Gasteiger partial charge in [0.05, 0.1) is 6.54 Å². The molecule has 128 valence electrons. The number of piperazine rings is 1. The normalized spacial score (nSPS) is 14.8. The zero-order valence-corrected chi connectivity index (χ0v) is 13.8. The van der Waals surface area contributed by atoms with Crippen LogP contribution in [0.1, 0.15) is 6.42 Å². The highest BCUT2D eigenvalue weighted by Gasteiger charge is 2.21. The zero-order chi connectivity index (χ0) is 16.6. The van der Waals surface area contributed by atoms with Crippen molar-refractivity contribution in [2.24, 2.45) is 0 Å². The molecule has 1 aliphatic heterocycles. The molecule has 2 aromatic heterocycles. The summed E-state index contributed by atoms with van der Waals surface area (Å²) in [5, 5.41) is 7.45. The maximum absolute atomic E-state index is 12.3. The van der Waals surface area contributed by atoms with E-state index < -0.39 is 0 Å². The number of pyridine rings is 1. The van der Waals surface area contributed by atoms with E-state index in [-0.39, 0.29) is 5.91 Å². The van der Waals surface area contributed by atoms with E-state index in [2.05, 4.69) is 20.3 Å². The Bertz CT molecular complexity index is 607. The van der Waals surface area contributed by atoms with Gasteiger partial charge in [0.25, 0.3) is 0 Å². The number of rotatable bonds is 7. The van der Waals surface area contributed by atoms with Gasteiger partial charge in [-0.05, 0) is 18.2 Å². The summed E-state index contributed by atoms with van der Waals surface area (Å²) < 4.78 is 1.88. The summed E-state index contributed by atoms with van der Waals surface area (Å²) in [6, 6.07) is 7.84. The molecule has 7 nitrogen and oxygen atoms in total. The highest BCUT2D eigenvalue weighted by atomic mass is 16.2. The number of hydrogen-bond acceptors (Lipinski definition) is 5. The molecule has 1 fully saturated rings. The van der Waals surface area contributed by atoms with Crippen LogP contribution in [0.5, 0.6) is 0 Å². The number of nitrogens with zero attached hydrogens (tertiary/aromatic N) is 5. The van der Waals surface area contributed by atoms with Gasteiger partial charge < -0.3 is 15.1 Å². The van der Waals surface area contributed by atoms with Crippen LogP contribution in [0.25, 0.3) is 0 Å². The number of carbonyl (C=O) groups excluding carboxylic acids is 1. The third kappa shape index (κ3) is 4.55. The molecule has 3 heterocycles. The second kappa shape index (κ2) is 8.44. The smallest absolute Gasteiger partial charge is 0.223 e. The molecular weight excluding hydrogens is 304 g/mol. The van der Waals surface area contributed by atoms with Crippen LogP contribution >= 0.6 is 0 Å². The minimum atomic E-state index is 0.224. The summed E-state index contributed by atoms with van der Waals surface area (Å²) in [6.45, 7) is 5.57. The lowest BCUT2D eigenvalue weighted by Crippen LogP contribution is -2.49. The molecule has 1 amide bonds. The van der Waals surface area contributed by atoms with E-state index in [1.807, 2.05) is 46.2 Å². The number of hydrogen-bond donors (Lipinski definition) is 1. The molecule has 7 heteroatoms. The molecule has 24 heavy (non-hydrogen) atoms. The van der Waals surface area contributed by atoms with E-state index in [1.165, 1.54) is 0 Å². The standard InChI is InChI=1S/C17H24N6O/c24-17(5-8-18-9-11-23-10-3-7-20-23)22-14-12-21(13-15-22)16-4-1-2-6-19-16/h1-4,6-7,10,18H,5,8-9,11-15H2. The lowest BCUT2D eigenvalue weighted by atomic mass is 10.2. The Morgan fingerprint density at radius 1 is 1.08 bits per heavy atom. The van der Waals surface area contributed by atoms with Crippen molar-refractivity contribution in [3.63, 3.8) is 0 Å². The SMILES string of the molecule is O=C(CCNCCn1cccn1)N1CCN(c2ccccn2)CC1. The Labute approximate surface area is 142 Å². The van der Waals surface area contributed by atoms with Gasteiger partial charge in [0.2, 0.25) is 5.91 Å². The minimum Gasteiger partial charge on any atom is -0.353 e. The summed E-state index contributed by atoms with van der Waals surface area (Å²) in [4.78, 5) is 20.8. The van der Waals surface area contributed by atoms with Crippen molar-refractivity contribution >= 4 is 11.7 Å². The van der Waals surface area contributed by atoms with Crippen molar-refractivity contribution in [1.82, 2.24) is 25.0 Å².